The number of hydrogen-bond donors (Lipinski definition) is 2. The van der Waals surface area contributed by atoms with Crippen LogP contribution in [0.1, 0.15) is 48.9 Å². The fraction of sp³-hybridized carbons (Fsp3) is 0.529. The summed E-state index contributed by atoms with van der Waals surface area (Å²) < 4.78 is 0. The average molecular weight is 329 g/mol. The van der Waals surface area contributed by atoms with E-state index in [1.165, 1.54) is 32.1 Å². The van der Waals surface area contributed by atoms with Gasteiger partial charge in [-0.2, -0.15) is 15.4 Å². The Balaban J connectivity index is 1.75. The summed E-state index contributed by atoms with van der Waals surface area (Å²) in [5.41, 5.74) is 6.95. The Kier molecular flexibility index (Phi) is 5.08. The number of para-hydroxylation sites is 1. The van der Waals surface area contributed by atoms with Gasteiger partial charge in [-0.1, -0.05) is 38.2 Å². The number of nitrogens with two attached hydrogens (primary N) is 1. The number of fused-ring (bicyclic) bond motifs is 1. The Morgan fingerprint density at radius 1 is 1.21 bits per heavy atom. The van der Waals surface area contributed by atoms with Crippen molar-refractivity contribution in [1.29, 1.82) is 0 Å². The number of amides is 2. The maximum Gasteiger partial charge on any atom is 0.256 e. The minimum absolute atomic E-state index is 0.0697. The van der Waals surface area contributed by atoms with Gasteiger partial charge in [-0.15, -0.1) is 0 Å². The van der Waals surface area contributed by atoms with Gasteiger partial charge in [0, 0.05) is 6.54 Å². The van der Waals surface area contributed by atoms with E-state index in [1.807, 2.05) is 0 Å². The molecule has 0 atom stereocenters. The number of benzene rings is 1. The second-order valence-electron chi connectivity index (χ2n) is 6.48. The highest BCUT2D eigenvalue weighted by atomic mass is 16.2. The van der Waals surface area contributed by atoms with Crippen molar-refractivity contribution in [2.24, 2.45) is 11.7 Å². The smallest absolute Gasteiger partial charge is 0.256 e. The number of carbonyl (C=O) groups excluding carboxylic acids is 2. The van der Waals surface area contributed by atoms with Gasteiger partial charge in [0.25, 0.3) is 5.91 Å². The molecule has 1 aliphatic rings. The number of aromatic amines is 1. The van der Waals surface area contributed by atoms with Gasteiger partial charge >= 0.3 is 0 Å². The third-order valence-corrected chi connectivity index (χ3v) is 4.74. The van der Waals surface area contributed by atoms with Gasteiger partial charge < -0.3 is 10.6 Å². The lowest BCUT2D eigenvalue weighted by Crippen LogP contribution is -2.39. The third-order valence-electron chi connectivity index (χ3n) is 4.74. The summed E-state index contributed by atoms with van der Waals surface area (Å²) in [5, 5.41) is 10.6. The second kappa shape index (κ2) is 7.42. The molecule has 0 spiro atoms. The summed E-state index contributed by atoms with van der Waals surface area (Å²) in [5.74, 6) is -0.0896. The number of aromatic nitrogens is 3. The number of hydrogen-bond acceptors (Lipinski definition) is 4. The summed E-state index contributed by atoms with van der Waals surface area (Å²) in [4.78, 5) is 25.8. The standard InChI is InChI=1S/C17H23N5O2/c18-15(23)11-22(10-9-12-5-2-1-3-6-12)17(24)13-7-4-8-14-16(13)20-21-19-14/h4,7-8,12H,1-3,5-6,9-11H2,(H2,18,23)(H,19,20,21). The van der Waals surface area contributed by atoms with E-state index in [0.717, 1.165) is 6.42 Å². The molecule has 1 heterocycles. The van der Waals surface area contributed by atoms with Crippen LogP contribution in [0.5, 0.6) is 0 Å². The zero-order valence-electron chi connectivity index (χ0n) is 13.7. The lowest BCUT2D eigenvalue weighted by Gasteiger charge is -2.26. The fourth-order valence-electron chi connectivity index (χ4n) is 3.47. The van der Waals surface area contributed by atoms with Crippen molar-refractivity contribution in [1.82, 2.24) is 20.3 Å². The van der Waals surface area contributed by atoms with Gasteiger partial charge in [0.05, 0.1) is 12.1 Å². The van der Waals surface area contributed by atoms with Crippen LogP contribution in [0.4, 0.5) is 0 Å². The highest BCUT2D eigenvalue weighted by Gasteiger charge is 2.23. The molecule has 0 radical (unpaired) electrons. The van der Waals surface area contributed by atoms with Crippen molar-refractivity contribution >= 4 is 22.8 Å². The zero-order valence-corrected chi connectivity index (χ0v) is 13.7. The molecule has 1 aromatic heterocycles. The lowest BCUT2D eigenvalue weighted by molar-refractivity contribution is -0.118. The van der Waals surface area contributed by atoms with E-state index in [2.05, 4.69) is 15.4 Å². The monoisotopic (exact) mass is 329 g/mol. The van der Waals surface area contributed by atoms with Crippen molar-refractivity contribution in [2.45, 2.75) is 38.5 Å². The number of nitrogens with zero attached hydrogens (tertiary/aromatic N) is 3. The highest BCUT2D eigenvalue weighted by molar-refractivity contribution is 6.05. The molecule has 3 N–H and O–H groups in total. The molecule has 1 aromatic carbocycles. The van der Waals surface area contributed by atoms with Crippen LogP contribution in [0.25, 0.3) is 11.0 Å². The molecule has 7 nitrogen and oxygen atoms in total. The molecule has 1 saturated carbocycles. The van der Waals surface area contributed by atoms with Crippen molar-refractivity contribution < 1.29 is 9.59 Å². The predicted octanol–water partition coefficient (Wildman–Crippen LogP) is 1.86. The largest absolute Gasteiger partial charge is 0.368 e. The molecule has 0 saturated heterocycles. The summed E-state index contributed by atoms with van der Waals surface area (Å²) >= 11 is 0. The Hall–Kier alpha value is -2.44. The van der Waals surface area contributed by atoms with Gasteiger partial charge in [0.1, 0.15) is 11.0 Å². The minimum Gasteiger partial charge on any atom is -0.368 e. The summed E-state index contributed by atoms with van der Waals surface area (Å²) in [7, 11) is 0. The number of nitrogens with one attached hydrogen (secondary N) is 1. The number of primary amides is 1. The fourth-order valence-corrected chi connectivity index (χ4v) is 3.47. The van der Waals surface area contributed by atoms with Crippen molar-refractivity contribution in [3.8, 4) is 0 Å². The quantitative estimate of drug-likeness (QED) is 0.843. The van der Waals surface area contributed by atoms with Crippen molar-refractivity contribution in [3.63, 3.8) is 0 Å². The summed E-state index contributed by atoms with van der Waals surface area (Å²) in [6.07, 6.45) is 7.14. The van der Waals surface area contributed by atoms with Crippen LogP contribution in [0.3, 0.4) is 0 Å². The van der Waals surface area contributed by atoms with Gasteiger partial charge in [-0.05, 0) is 24.5 Å². The van der Waals surface area contributed by atoms with Crippen LogP contribution in [0.15, 0.2) is 18.2 Å². The molecule has 1 aliphatic carbocycles. The first-order valence-electron chi connectivity index (χ1n) is 8.52. The molecule has 2 aromatic rings. The van der Waals surface area contributed by atoms with Gasteiger partial charge in [0.2, 0.25) is 5.91 Å². The first-order chi connectivity index (χ1) is 11.6. The lowest BCUT2D eigenvalue weighted by atomic mass is 9.87. The predicted molar refractivity (Wildman–Crippen MR) is 90.2 cm³/mol. The molecule has 24 heavy (non-hydrogen) atoms. The number of rotatable bonds is 6. The summed E-state index contributed by atoms with van der Waals surface area (Å²) in [6, 6.07) is 5.26. The minimum atomic E-state index is -0.501. The van der Waals surface area contributed by atoms with Crippen LogP contribution >= 0.6 is 0 Å². The number of H-pyrrole nitrogens is 1. The molecule has 128 valence electrons. The Labute approximate surface area is 140 Å². The number of carbonyl (C=O) groups is 2. The normalized spacial score (nSPS) is 15.5. The Morgan fingerprint density at radius 2 is 2.00 bits per heavy atom. The zero-order chi connectivity index (χ0) is 16.9. The molecule has 3 rings (SSSR count). The third kappa shape index (κ3) is 3.72. The first kappa shape index (κ1) is 16.4. The van der Waals surface area contributed by atoms with Gasteiger partial charge in [-0.25, -0.2) is 0 Å². The van der Waals surface area contributed by atoms with E-state index in [-0.39, 0.29) is 12.5 Å². The van der Waals surface area contributed by atoms with Crippen LogP contribution in [-0.4, -0.2) is 45.2 Å². The van der Waals surface area contributed by atoms with Gasteiger partial charge in [-0.3, -0.25) is 9.59 Å². The van der Waals surface area contributed by atoms with Gasteiger partial charge in [0.15, 0.2) is 0 Å². The van der Waals surface area contributed by atoms with E-state index >= 15 is 0 Å². The van der Waals surface area contributed by atoms with E-state index in [9.17, 15) is 9.59 Å². The van der Waals surface area contributed by atoms with Crippen LogP contribution in [0.2, 0.25) is 0 Å². The van der Waals surface area contributed by atoms with Crippen LogP contribution in [-0.2, 0) is 4.79 Å². The average Bonchev–Trinajstić information content (AvgIpc) is 3.07. The Bertz CT molecular complexity index is 721. The van der Waals surface area contributed by atoms with Crippen LogP contribution < -0.4 is 5.73 Å². The molecule has 0 aliphatic heterocycles. The molecule has 0 bridgehead atoms. The molecule has 1 fully saturated rings. The first-order valence-corrected chi connectivity index (χ1v) is 8.52. The molecular formula is C17H23N5O2. The van der Waals surface area contributed by atoms with E-state index < -0.39 is 5.91 Å². The van der Waals surface area contributed by atoms with Crippen LogP contribution in [0, 0.1) is 5.92 Å². The van der Waals surface area contributed by atoms with E-state index in [1.54, 1.807) is 23.1 Å². The Morgan fingerprint density at radius 3 is 2.75 bits per heavy atom. The molecule has 2 amide bonds. The topological polar surface area (TPSA) is 105 Å². The van der Waals surface area contributed by atoms with E-state index in [0.29, 0.717) is 29.1 Å². The highest BCUT2D eigenvalue weighted by Crippen LogP contribution is 2.26. The summed E-state index contributed by atoms with van der Waals surface area (Å²) in [6.45, 7) is 0.473. The maximum atomic E-state index is 12.9. The molecule has 0 unspecified atom stereocenters. The van der Waals surface area contributed by atoms with Crippen molar-refractivity contribution in [3.05, 3.63) is 23.8 Å². The van der Waals surface area contributed by atoms with Crippen molar-refractivity contribution in [2.75, 3.05) is 13.1 Å². The molecular weight excluding hydrogens is 306 g/mol. The van der Waals surface area contributed by atoms with E-state index in [4.69, 9.17) is 5.73 Å². The maximum absolute atomic E-state index is 12.9. The molecule has 7 heteroatoms. The SMILES string of the molecule is NC(=O)CN(CCC1CCCCC1)C(=O)c1cccc2n[nH]nc12. The second-order valence-corrected chi connectivity index (χ2v) is 6.48.